The van der Waals surface area contributed by atoms with Crippen LogP contribution < -0.4 is 10.1 Å². The quantitative estimate of drug-likeness (QED) is 0.931. The molecule has 0 aliphatic carbocycles. The van der Waals surface area contributed by atoms with E-state index < -0.39 is 0 Å². The zero-order valence-electron chi connectivity index (χ0n) is 13.1. The Morgan fingerprint density at radius 3 is 2.82 bits per heavy atom. The molecule has 2 heterocycles. The second kappa shape index (κ2) is 7.11. The van der Waals surface area contributed by atoms with E-state index in [-0.39, 0.29) is 17.9 Å². The van der Waals surface area contributed by atoms with Crippen LogP contribution in [0.15, 0.2) is 24.3 Å². The molecule has 3 rings (SSSR count). The van der Waals surface area contributed by atoms with E-state index in [1.54, 1.807) is 7.11 Å². The highest BCUT2D eigenvalue weighted by molar-refractivity contribution is 5.79. The Kier molecular flexibility index (Phi) is 4.95. The first-order valence-electron chi connectivity index (χ1n) is 8.09. The third-order valence-electron chi connectivity index (χ3n) is 4.59. The number of para-hydroxylation sites is 1. The third kappa shape index (κ3) is 3.42. The Hall–Kier alpha value is -1.59. The topological polar surface area (TPSA) is 50.8 Å². The standard InChI is InChI=1S/C17H24N2O3/c1-21-19-10-8-13(9-11-19)17(20)18-15-6-4-12-22-16-7-3-2-5-14(15)16/h2-3,5,7,13,15H,4,6,8-12H2,1H3,(H,18,20)/t15-/m1/s1. The Bertz CT molecular complexity index is 512. The summed E-state index contributed by atoms with van der Waals surface area (Å²) >= 11 is 0. The van der Waals surface area contributed by atoms with Gasteiger partial charge in [0.15, 0.2) is 0 Å². The van der Waals surface area contributed by atoms with Crippen molar-refractivity contribution in [3.8, 4) is 5.75 Å². The Balaban J connectivity index is 1.64. The average molecular weight is 304 g/mol. The first-order valence-corrected chi connectivity index (χ1v) is 8.09. The summed E-state index contributed by atoms with van der Waals surface area (Å²) in [5.41, 5.74) is 1.10. The van der Waals surface area contributed by atoms with E-state index in [2.05, 4.69) is 11.4 Å². The van der Waals surface area contributed by atoms with E-state index in [1.165, 1.54) is 0 Å². The van der Waals surface area contributed by atoms with Gasteiger partial charge in [-0.2, -0.15) is 5.06 Å². The zero-order chi connectivity index (χ0) is 15.4. The van der Waals surface area contributed by atoms with Gasteiger partial charge in [0, 0.05) is 24.6 Å². The summed E-state index contributed by atoms with van der Waals surface area (Å²) in [7, 11) is 1.68. The number of rotatable bonds is 3. The molecular formula is C17H24N2O3. The minimum atomic E-state index is 0.0617. The van der Waals surface area contributed by atoms with Gasteiger partial charge in [-0.05, 0) is 31.7 Å². The molecule has 0 spiro atoms. The number of hydrogen-bond donors (Lipinski definition) is 1. The molecule has 0 radical (unpaired) electrons. The Morgan fingerprint density at radius 2 is 2.05 bits per heavy atom. The van der Waals surface area contributed by atoms with Crippen LogP contribution in [0.3, 0.4) is 0 Å². The Labute approximate surface area is 131 Å². The predicted molar refractivity (Wildman–Crippen MR) is 83.4 cm³/mol. The summed E-state index contributed by atoms with van der Waals surface area (Å²) in [5.74, 6) is 1.15. The number of fused-ring (bicyclic) bond motifs is 1. The molecule has 2 aliphatic heterocycles. The van der Waals surface area contributed by atoms with Crippen molar-refractivity contribution >= 4 is 5.91 Å². The highest BCUT2D eigenvalue weighted by Gasteiger charge is 2.28. The second-order valence-electron chi connectivity index (χ2n) is 5.98. The molecule has 1 saturated heterocycles. The zero-order valence-corrected chi connectivity index (χ0v) is 13.1. The highest BCUT2D eigenvalue weighted by atomic mass is 16.7. The molecule has 1 aromatic rings. The molecule has 5 heteroatoms. The van der Waals surface area contributed by atoms with Gasteiger partial charge < -0.3 is 14.9 Å². The summed E-state index contributed by atoms with van der Waals surface area (Å²) < 4.78 is 5.76. The van der Waals surface area contributed by atoms with Crippen molar-refractivity contribution in [1.82, 2.24) is 10.4 Å². The predicted octanol–water partition coefficient (Wildman–Crippen LogP) is 2.29. The number of carbonyl (C=O) groups excluding carboxylic acids is 1. The molecule has 22 heavy (non-hydrogen) atoms. The van der Waals surface area contributed by atoms with E-state index >= 15 is 0 Å². The van der Waals surface area contributed by atoms with Crippen LogP contribution in [0.4, 0.5) is 0 Å². The van der Waals surface area contributed by atoms with Crippen molar-refractivity contribution in [3.63, 3.8) is 0 Å². The molecule has 0 aromatic heterocycles. The first-order chi connectivity index (χ1) is 10.8. The molecule has 5 nitrogen and oxygen atoms in total. The SMILES string of the molecule is CON1CCC(C(=O)N[C@@H]2CCCOc3ccccc32)CC1. The van der Waals surface area contributed by atoms with Gasteiger partial charge in [0.2, 0.25) is 5.91 Å². The number of hydroxylamine groups is 2. The van der Waals surface area contributed by atoms with Crippen LogP contribution in [0, 0.1) is 5.92 Å². The van der Waals surface area contributed by atoms with E-state index in [0.717, 1.165) is 56.7 Å². The smallest absolute Gasteiger partial charge is 0.223 e. The fourth-order valence-corrected chi connectivity index (χ4v) is 3.26. The lowest BCUT2D eigenvalue weighted by molar-refractivity contribution is -0.154. The molecule has 0 saturated carbocycles. The van der Waals surface area contributed by atoms with Gasteiger partial charge >= 0.3 is 0 Å². The Morgan fingerprint density at radius 1 is 1.27 bits per heavy atom. The fourth-order valence-electron chi connectivity index (χ4n) is 3.26. The van der Waals surface area contributed by atoms with Gasteiger partial charge in [-0.1, -0.05) is 18.2 Å². The molecule has 1 atom stereocenters. The van der Waals surface area contributed by atoms with Crippen molar-refractivity contribution in [3.05, 3.63) is 29.8 Å². The molecular weight excluding hydrogens is 280 g/mol. The molecule has 1 N–H and O–H groups in total. The number of piperidine rings is 1. The molecule has 0 unspecified atom stereocenters. The number of hydrogen-bond acceptors (Lipinski definition) is 4. The van der Waals surface area contributed by atoms with Crippen molar-refractivity contribution in [2.45, 2.75) is 31.7 Å². The van der Waals surface area contributed by atoms with Crippen molar-refractivity contribution < 1.29 is 14.4 Å². The van der Waals surface area contributed by atoms with Gasteiger partial charge in [0.05, 0.1) is 19.8 Å². The van der Waals surface area contributed by atoms with E-state index in [9.17, 15) is 4.79 Å². The maximum atomic E-state index is 12.6. The van der Waals surface area contributed by atoms with Gasteiger partial charge in [-0.15, -0.1) is 0 Å². The summed E-state index contributed by atoms with van der Waals surface area (Å²) in [4.78, 5) is 17.8. The number of benzene rings is 1. The van der Waals surface area contributed by atoms with Gasteiger partial charge in [-0.25, -0.2) is 0 Å². The lowest BCUT2D eigenvalue weighted by atomic mass is 9.95. The van der Waals surface area contributed by atoms with Crippen molar-refractivity contribution in [1.29, 1.82) is 0 Å². The van der Waals surface area contributed by atoms with Crippen LogP contribution in [0.2, 0.25) is 0 Å². The molecule has 1 amide bonds. The molecule has 120 valence electrons. The summed E-state index contributed by atoms with van der Waals surface area (Å²) in [6, 6.07) is 8.08. The van der Waals surface area contributed by atoms with Crippen LogP contribution in [0.1, 0.15) is 37.3 Å². The second-order valence-corrected chi connectivity index (χ2v) is 5.98. The number of nitrogens with zero attached hydrogens (tertiary/aromatic N) is 1. The van der Waals surface area contributed by atoms with Gasteiger partial charge in [0.25, 0.3) is 0 Å². The number of ether oxygens (including phenoxy) is 1. The monoisotopic (exact) mass is 304 g/mol. The number of carbonyl (C=O) groups is 1. The molecule has 2 aliphatic rings. The van der Waals surface area contributed by atoms with Crippen molar-refractivity contribution in [2.75, 3.05) is 26.8 Å². The summed E-state index contributed by atoms with van der Waals surface area (Å²) in [6.45, 7) is 2.35. The van der Waals surface area contributed by atoms with Crippen LogP contribution in [0.5, 0.6) is 5.75 Å². The maximum absolute atomic E-state index is 12.6. The minimum Gasteiger partial charge on any atom is -0.493 e. The fraction of sp³-hybridized carbons (Fsp3) is 0.588. The minimum absolute atomic E-state index is 0.0617. The van der Waals surface area contributed by atoms with Crippen LogP contribution >= 0.6 is 0 Å². The summed E-state index contributed by atoms with van der Waals surface area (Å²) in [6.07, 6.45) is 3.59. The van der Waals surface area contributed by atoms with E-state index in [1.807, 2.05) is 23.3 Å². The van der Waals surface area contributed by atoms with Gasteiger partial charge in [0.1, 0.15) is 5.75 Å². The van der Waals surface area contributed by atoms with Crippen molar-refractivity contribution in [2.24, 2.45) is 5.92 Å². The number of nitrogens with one attached hydrogen (secondary N) is 1. The number of amides is 1. The van der Waals surface area contributed by atoms with Crippen LogP contribution in [-0.4, -0.2) is 37.8 Å². The first kappa shape index (κ1) is 15.3. The highest BCUT2D eigenvalue weighted by Crippen LogP contribution is 2.31. The van der Waals surface area contributed by atoms with Gasteiger partial charge in [-0.3, -0.25) is 4.79 Å². The van der Waals surface area contributed by atoms with E-state index in [4.69, 9.17) is 9.57 Å². The van der Waals surface area contributed by atoms with E-state index in [0.29, 0.717) is 0 Å². The molecule has 1 aromatic carbocycles. The normalized spacial score (nSPS) is 23.2. The molecule has 0 bridgehead atoms. The lowest BCUT2D eigenvalue weighted by Crippen LogP contribution is -2.41. The van der Waals surface area contributed by atoms with Crippen LogP contribution in [0.25, 0.3) is 0 Å². The average Bonchev–Trinajstić information content (AvgIpc) is 2.77. The van der Waals surface area contributed by atoms with Crippen LogP contribution in [-0.2, 0) is 9.63 Å². The third-order valence-corrected chi connectivity index (χ3v) is 4.59. The maximum Gasteiger partial charge on any atom is 0.223 e. The lowest BCUT2D eigenvalue weighted by Gasteiger charge is -2.30. The largest absolute Gasteiger partial charge is 0.493 e. The molecule has 1 fully saturated rings. The summed E-state index contributed by atoms with van der Waals surface area (Å²) in [5, 5.41) is 5.15.